The molecule has 1 aromatic carbocycles. The Hall–Kier alpha value is -1.70. The molecule has 1 amide bonds. The minimum Gasteiger partial charge on any atom is -0.381 e. The average molecular weight is 462 g/mol. The van der Waals surface area contributed by atoms with Crippen LogP contribution in [0.1, 0.15) is 35.4 Å². The van der Waals surface area contributed by atoms with Crippen LogP contribution >= 0.6 is 15.9 Å². The Labute approximate surface area is 180 Å². The van der Waals surface area contributed by atoms with Crippen molar-refractivity contribution >= 4 is 21.8 Å². The second-order valence-corrected chi connectivity index (χ2v) is 8.99. The van der Waals surface area contributed by atoms with E-state index in [0.717, 1.165) is 67.1 Å². The van der Waals surface area contributed by atoms with Crippen molar-refractivity contribution in [2.24, 2.45) is 0 Å². The third-order valence-electron chi connectivity index (χ3n) is 6.37. The van der Waals surface area contributed by atoms with Crippen LogP contribution in [0.3, 0.4) is 0 Å². The molecule has 0 aliphatic carbocycles. The van der Waals surface area contributed by atoms with E-state index in [9.17, 15) is 4.79 Å². The van der Waals surface area contributed by atoms with Crippen molar-refractivity contribution in [1.82, 2.24) is 15.0 Å². The Morgan fingerprint density at radius 3 is 2.34 bits per heavy atom. The zero-order chi connectivity index (χ0) is 20.4. The molecule has 2 saturated heterocycles. The highest BCUT2D eigenvalue weighted by molar-refractivity contribution is 9.10. The lowest BCUT2D eigenvalue weighted by Crippen LogP contribution is -2.55. The van der Waals surface area contributed by atoms with E-state index in [2.05, 4.69) is 43.0 Å². The van der Waals surface area contributed by atoms with E-state index in [0.29, 0.717) is 13.2 Å². The van der Waals surface area contributed by atoms with Gasteiger partial charge < -0.3 is 14.2 Å². The first-order chi connectivity index (χ1) is 14.0. The zero-order valence-electron chi connectivity index (χ0n) is 17.1. The molecule has 2 aromatic rings. The number of rotatable bonds is 4. The van der Waals surface area contributed by atoms with Crippen molar-refractivity contribution in [2.75, 3.05) is 39.4 Å². The second kappa shape index (κ2) is 8.58. The van der Waals surface area contributed by atoms with E-state index in [1.165, 1.54) is 5.56 Å². The Morgan fingerprint density at radius 2 is 1.76 bits per heavy atom. The lowest BCUT2D eigenvalue weighted by Gasteiger charge is -2.43. The van der Waals surface area contributed by atoms with Gasteiger partial charge in [-0.15, -0.1) is 0 Å². The fourth-order valence-electron chi connectivity index (χ4n) is 4.48. The number of aromatic nitrogens is 1. The maximum atomic E-state index is 13.7. The van der Waals surface area contributed by atoms with Gasteiger partial charge in [0, 0.05) is 56.0 Å². The largest absolute Gasteiger partial charge is 0.381 e. The minimum atomic E-state index is -0.469. The first kappa shape index (κ1) is 20.6. The molecular formula is C22H28BrN3O3. The highest BCUT2D eigenvalue weighted by atomic mass is 79.9. The fourth-order valence-corrected chi connectivity index (χ4v) is 4.74. The Kier molecular flexibility index (Phi) is 6.08. The molecule has 156 valence electrons. The monoisotopic (exact) mass is 461 g/mol. The highest BCUT2D eigenvalue weighted by Gasteiger charge is 2.44. The van der Waals surface area contributed by atoms with Crippen LogP contribution < -0.4 is 0 Å². The summed E-state index contributed by atoms with van der Waals surface area (Å²) in [5, 5.41) is 4.05. The number of nitrogens with zero attached hydrogens (tertiary/aromatic N) is 3. The maximum Gasteiger partial charge on any atom is 0.233 e. The number of hydrogen-bond donors (Lipinski definition) is 0. The van der Waals surface area contributed by atoms with E-state index < -0.39 is 5.41 Å². The Bertz CT molecular complexity index is 831. The van der Waals surface area contributed by atoms with Gasteiger partial charge in [-0.2, -0.15) is 0 Å². The van der Waals surface area contributed by atoms with Crippen molar-refractivity contribution in [3.8, 4) is 0 Å². The molecule has 0 atom stereocenters. The average Bonchev–Trinajstić information content (AvgIpc) is 3.07. The molecule has 2 fully saturated rings. The van der Waals surface area contributed by atoms with E-state index in [1.807, 2.05) is 26.0 Å². The number of amides is 1. The molecule has 0 spiro atoms. The molecule has 0 N–H and O–H groups in total. The molecule has 2 aliphatic heterocycles. The van der Waals surface area contributed by atoms with E-state index in [4.69, 9.17) is 9.26 Å². The summed E-state index contributed by atoms with van der Waals surface area (Å²) < 4.78 is 11.9. The predicted octanol–water partition coefficient (Wildman–Crippen LogP) is 3.45. The summed E-state index contributed by atoms with van der Waals surface area (Å²) in [5.74, 6) is 1.14. The number of benzene rings is 1. The van der Waals surface area contributed by atoms with Crippen molar-refractivity contribution in [3.05, 3.63) is 51.3 Å². The zero-order valence-corrected chi connectivity index (χ0v) is 18.7. The van der Waals surface area contributed by atoms with Gasteiger partial charge in [0.25, 0.3) is 0 Å². The summed E-state index contributed by atoms with van der Waals surface area (Å²) in [6.45, 7) is 9.27. The lowest BCUT2D eigenvalue weighted by atomic mass is 9.73. The van der Waals surface area contributed by atoms with Crippen molar-refractivity contribution in [1.29, 1.82) is 0 Å². The summed E-state index contributed by atoms with van der Waals surface area (Å²) >= 11 is 3.50. The minimum absolute atomic E-state index is 0.250. The van der Waals surface area contributed by atoms with E-state index in [-0.39, 0.29) is 5.91 Å². The first-order valence-electron chi connectivity index (χ1n) is 10.3. The number of ether oxygens (including phenoxy) is 1. The van der Waals surface area contributed by atoms with Gasteiger partial charge in [-0.3, -0.25) is 9.69 Å². The van der Waals surface area contributed by atoms with Gasteiger partial charge in [0.05, 0.1) is 11.1 Å². The summed E-state index contributed by atoms with van der Waals surface area (Å²) in [6, 6.07) is 8.23. The SMILES string of the molecule is Cc1noc(C)c1CN1CCN(C(=O)C2(c3ccc(Br)cc3)CCOCC2)CC1. The summed E-state index contributed by atoms with van der Waals surface area (Å²) in [4.78, 5) is 18.1. The number of aryl methyl sites for hydroxylation is 2. The van der Waals surface area contributed by atoms with Gasteiger partial charge in [-0.25, -0.2) is 0 Å². The number of piperazine rings is 1. The van der Waals surface area contributed by atoms with Crippen LogP contribution in [0.2, 0.25) is 0 Å². The molecule has 1 aromatic heterocycles. The van der Waals surface area contributed by atoms with Crippen molar-refractivity contribution in [3.63, 3.8) is 0 Å². The second-order valence-electron chi connectivity index (χ2n) is 8.07. The molecule has 29 heavy (non-hydrogen) atoms. The van der Waals surface area contributed by atoms with Gasteiger partial charge >= 0.3 is 0 Å². The smallest absolute Gasteiger partial charge is 0.233 e. The summed E-state index contributed by atoms with van der Waals surface area (Å²) in [7, 11) is 0. The molecule has 4 rings (SSSR count). The lowest BCUT2D eigenvalue weighted by molar-refractivity contribution is -0.143. The molecule has 3 heterocycles. The standard InChI is InChI=1S/C22H28BrN3O3/c1-16-20(17(2)29-24-16)15-25-9-11-26(12-10-25)21(27)22(7-13-28-14-8-22)18-3-5-19(23)6-4-18/h3-6H,7-15H2,1-2H3. The highest BCUT2D eigenvalue weighted by Crippen LogP contribution is 2.37. The Balaban J connectivity index is 1.46. The number of hydrogen-bond acceptors (Lipinski definition) is 5. The van der Waals surface area contributed by atoms with Crippen LogP contribution in [0.4, 0.5) is 0 Å². The quantitative estimate of drug-likeness (QED) is 0.697. The van der Waals surface area contributed by atoms with Gasteiger partial charge in [-0.05, 0) is 44.4 Å². The van der Waals surface area contributed by atoms with Crippen LogP contribution in [0, 0.1) is 13.8 Å². The first-order valence-corrected chi connectivity index (χ1v) is 11.1. The molecule has 6 nitrogen and oxygen atoms in total. The number of carbonyl (C=O) groups excluding carboxylic acids is 1. The van der Waals surface area contributed by atoms with Gasteiger partial charge in [0.1, 0.15) is 5.76 Å². The molecular weight excluding hydrogens is 434 g/mol. The molecule has 7 heteroatoms. The van der Waals surface area contributed by atoms with Gasteiger partial charge in [-0.1, -0.05) is 33.2 Å². The molecule has 2 aliphatic rings. The molecule has 0 bridgehead atoms. The predicted molar refractivity (Wildman–Crippen MR) is 114 cm³/mol. The molecule has 0 saturated carbocycles. The topological polar surface area (TPSA) is 58.8 Å². The number of halogens is 1. The summed E-state index contributed by atoms with van der Waals surface area (Å²) in [5.41, 5.74) is 2.76. The summed E-state index contributed by atoms with van der Waals surface area (Å²) in [6.07, 6.45) is 1.49. The van der Waals surface area contributed by atoms with Crippen LogP contribution in [0.15, 0.2) is 33.3 Å². The van der Waals surface area contributed by atoms with Crippen molar-refractivity contribution in [2.45, 2.75) is 38.6 Å². The number of carbonyl (C=O) groups is 1. The van der Waals surface area contributed by atoms with E-state index >= 15 is 0 Å². The third kappa shape index (κ3) is 4.13. The van der Waals surface area contributed by atoms with Crippen LogP contribution in [0.25, 0.3) is 0 Å². The maximum absolute atomic E-state index is 13.7. The van der Waals surface area contributed by atoms with E-state index in [1.54, 1.807) is 0 Å². The Morgan fingerprint density at radius 1 is 1.10 bits per heavy atom. The van der Waals surface area contributed by atoms with Crippen LogP contribution in [-0.4, -0.2) is 60.3 Å². The van der Waals surface area contributed by atoms with Gasteiger partial charge in [0.15, 0.2) is 0 Å². The normalized spacial score (nSPS) is 20.0. The van der Waals surface area contributed by atoms with Gasteiger partial charge in [0.2, 0.25) is 5.91 Å². The van der Waals surface area contributed by atoms with Crippen LogP contribution in [0.5, 0.6) is 0 Å². The molecule has 0 radical (unpaired) electrons. The van der Waals surface area contributed by atoms with Crippen molar-refractivity contribution < 1.29 is 14.1 Å². The van der Waals surface area contributed by atoms with Crippen LogP contribution in [-0.2, 0) is 21.5 Å². The molecule has 0 unspecified atom stereocenters. The third-order valence-corrected chi connectivity index (χ3v) is 6.90. The fraction of sp³-hybridized carbons (Fsp3) is 0.545.